The number of ether oxygens (including phenoxy) is 3. The van der Waals surface area contributed by atoms with Crippen LogP contribution in [-0.2, 0) is 9.47 Å². The molecule has 0 spiro atoms. The Balaban J connectivity index is 1.56. The summed E-state index contributed by atoms with van der Waals surface area (Å²) in [7, 11) is 0. The van der Waals surface area contributed by atoms with Gasteiger partial charge in [0.2, 0.25) is 0 Å². The minimum absolute atomic E-state index is 0.177. The number of carbonyl (C=O) groups is 1. The van der Waals surface area contributed by atoms with Crippen molar-refractivity contribution < 1.29 is 19.0 Å². The zero-order valence-corrected chi connectivity index (χ0v) is 14.9. The zero-order valence-electron chi connectivity index (χ0n) is 14.9. The van der Waals surface area contributed by atoms with Gasteiger partial charge in [0.1, 0.15) is 11.4 Å². The van der Waals surface area contributed by atoms with E-state index in [4.69, 9.17) is 14.2 Å². The van der Waals surface area contributed by atoms with Gasteiger partial charge in [0, 0.05) is 25.2 Å². The van der Waals surface area contributed by atoms with Crippen LogP contribution in [0, 0.1) is 0 Å². The van der Waals surface area contributed by atoms with Gasteiger partial charge in [-0.3, -0.25) is 4.90 Å². The summed E-state index contributed by atoms with van der Waals surface area (Å²) in [5, 5.41) is 10.5. The summed E-state index contributed by atoms with van der Waals surface area (Å²) in [5.74, 6) is 0.246. The third-order valence-corrected chi connectivity index (χ3v) is 4.12. The highest BCUT2D eigenvalue weighted by Gasteiger charge is 2.19. The van der Waals surface area contributed by atoms with Gasteiger partial charge in [0.25, 0.3) is 0 Å². The van der Waals surface area contributed by atoms with E-state index < -0.39 is 5.97 Å². The molecular weight excluding hydrogens is 336 g/mol. The summed E-state index contributed by atoms with van der Waals surface area (Å²) in [6.07, 6.45) is 0.947. The van der Waals surface area contributed by atoms with Gasteiger partial charge in [-0.25, -0.2) is 4.79 Å². The van der Waals surface area contributed by atoms with Crippen molar-refractivity contribution in [1.82, 2.24) is 20.3 Å². The molecule has 0 bridgehead atoms. The van der Waals surface area contributed by atoms with E-state index in [0.717, 1.165) is 50.6 Å². The van der Waals surface area contributed by atoms with Crippen LogP contribution >= 0.6 is 0 Å². The van der Waals surface area contributed by atoms with E-state index in [2.05, 4.69) is 20.3 Å². The lowest BCUT2D eigenvalue weighted by molar-refractivity contribution is 0.0358. The van der Waals surface area contributed by atoms with Gasteiger partial charge in [-0.05, 0) is 25.5 Å². The highest BCUT2D eigenvalue weighted by molar-refractivity contribution is 5.93. The highest BCUT2D eigenvalue weighted by Crippen LogP contribution is 2.24. The van der Waals surface area contributed by atoms with Gasteiger partial charge in [-0.2, -0.15) is 10.3 Å². The molecule has 1 aliphatic heterocycles. The molecule has 2 aromatic rings. The quantitative estimate of drug-likeness (QED) is 0.566. The molecule has 1 aromatic carbocycles. The topological polar surface area (TPSA) is 89.6 Å². The smallest absolute Gasteiger partial charge is 0.361 e. The second kappa shape index (κ2) is 9.30. The van der Waals surface area contributed by atoms with Crippen LogP contribution in [0.2, 0.25) is 0 Å². The van der Waals surface area contributed by atoms with Gasteiger partial charge in [0.15, 0.2) is 5.69 Å². The lowest BCUT2D eigenvalue weighted by atomic mass is 10.1. The molecule has 0 atom stereocenters. The number of benzene rings is 1. The van der Waals surface area contributed by atoms with Crippen molar-refractivity contribution in [3.8, 4) is 17.0 Å². The predicted molar refractivity (Wildman–Crippen MR) is 95.1 cm³/mol. The molecule has 1 fully saturated rings. The second-order valence-corrected chi connectivity index (χ2v) is 5.93. The van der Waals surface area contributed by atoms with Gasteiger partial charge in [0.05, 0.1) is 26.4 Å². The first-order valence-corrected chi connectivity index (χ1v) is 8.89. The Morgan fingerprint density at radius 2 is 2.15 bits per heavy atom. The van der Waals surface area contributed by atoms with Gasteiger partial charge in [-0.1, -0.05) is 12.1 Å². The molecule has 0 saturated carbocycles. The molecule has 0 amide bonds. The van der Waals surface area contributed by atoms with Crippen molar-refractivity contribution in [2.45, 2.75) is 13.3 Å². The number of nitrogens with one attached hydrogen (secondary N) is 1. The molecule has 8 nitrogen and oxygen atoms in total. The molecule has 140 valence electrons. The number of esters is 1. The van der Waals surface area contributed by atoms with Crippen molar-refractivity contribution >= 4 is 5.97 Å². The molecule has 0 radical (unpaired) electrons. The van der Waals surface area contributed by atoms with E-state index in [1.807, 2.05) is 24.3 Å². The molecule has 0 aliphatic carbocycles. The Kier molecular flexibility index (Phi) is 6.56. The largest absolute Gasteiger partial charge is 0.494 e. The number of carbonyl (C=O) groups excluding carboxylic acids is 1. The second-order valence-electron chi connectivity index (χ2n) is 5.93. The van der Waals surface area contributed by atoms with Crippen molar-refractivity contribution in [3.63, 3.8) is 0 Å². The molecule has 1 aromatic heterocycles. The average Bonchev–Trinajstić information content (AvgIpc) is 3.17. The Morgan fingerprint density at radius 1 is 1.31 bits per heavy atom. The number of aromatic nitrogens is 3. The summed E-state index contributed by atoms with van der Waals surface area (Å²) in [5.41, 5.74) is 1.39. The minimum atomic E-state index is -0.493. The number of hydrogen-bond acceptors (Lipinski definition) is 7. The molecule has 1 N–H and O–H groups in total. The fourth-order valence-corrected chi connectivity index (χ4v) is 2.81. The van der Waals surface area contributed by atoms with Crippen LogP contribution in [0.25, 0.3) is 11.3 Å². The van der Waals surface area contributed by atoms with Crippen LogP contribution in [0.5, 0.6) is 5.75 Å². The van der Waals surface area contributed by atoms with Crippen LogP contribution < -0.4 is 4.74 Å². The molecule has 8 heteroatoms. The molecule has 0 unspecified atom stereocenters. The maximum absolute atomic E-state index is 12.0. The Hall–Kier alpha value is -2.45. The maximum atomic E-state index is 12.0. The van der Waals surface area contributed by atoms with Crippen molar-refractivity contribution in [2.24, 2.45) is 0 Å². The summed E-state index contributed by atoms with van der Waals surface area (Å²) in [4.78, 5) is 14.3. The number of aromatic amines is 1. The standard InChI is InChI=1S/C18H24N4O4/c1-2-25-18(23)17-16(19-21-20-17)14-5-3-6-15(13-14)26-10-4-7-22-8-11-24-12-9-22/h3,5-6,13H,2,4,7-12H2,1H3,(H,19,20,21). The summed E-state index contributed by atoms with van der Waals surface area (Å²) in [6.45, 7) is 7.26. The van der Waals surface area contributed by atoms with Crippen molar-refractivity contribution in [2.75, 3.05) is 46.1 Å². The number of morpholine rings is 1. The fraction of sp³-hybridized carbons (Fsp3) is 0.500. The first kappa shape index (κ1) is 18.3. The van der Waals surface area contributed by atoms with Crippen molar-refractivity contribution in [1.29, 1.82) is 0 Å². The summed E-state index contributed by atoms with van der Waals surface area (Å²) in [6, 6.07) is 7.48. The lowest BCUT2D eigenvalue weighted by Crippen LogP contribution is -2.37. The molecule has 1 aliphatic rings. The van der Waals surface area contributed by atoms with Crippen LogP contribution in [0.15, 0.2) is 24.3 Å². The number of rotatable bonds is 8. The van der Waals surface area contributed by atoms with Crippen LogP contribution in [0.4, 0.5) is 0 Å². The highest BCUT2D eigenvalue weighted by atomic mass is 16.5. The monoisotopic (exact) mass is 360 g/mol. The van der Waals surface area contributed by atoms with Gasteiger partial charge in [-0.15, -0.1) is 5.10 Å². The number of hydrogen-bond donors (Lipinski definition) is 1. The molecule has 2 heterocycles. The zero-order chi connectivity index (χ0) is 18.2. The third kappa shape index (κ3) is 4.80. The van der Waals surface area contributed by atoms with E-state index in [-0.39, 0.29) is 12.3 Å². The van der Waals surface area contributed by atoms with Crippen LogP contribution in [0.3, 0.4) is 0 Å². The summed E-state index contributed by atoms with van der Waals surface area (Å²) >= 11 is 0. The van der Waals surface area contributed by atoms with E-state index >= 15 is 0 Å². The number of H-pyrrole nitrogens is 1. The SMILES string of the molecule is CCOC(=O)c1n[nH]nc1-c1cccc(OCCCN2CCOCC2)c1. The first-order chi connectivity index (χ1) is 12.8. The third-order valence-electron chi connectivity index (χ3n) is 4.12. The van der Waals surface area contributed by atoms with Gasteiger partial charge < -0.3 is 14.2 Å². The van der Waals surface area contributed by atoms with Crippen LogP contribution in [0.1, 0.15) is 23.8 Å². The summed E-state index contributed by atoms with van der Waals surface area (Å²) < 4.78 is 16.2. The molecule has 1 saturated heterocycles. The predicted octanol–water partition coefficient (Wildman–Crippen LogP) is 1.75. The fourth-order valence-electron chi connectivity index (χ4n) is 2.81. The van der Waals surface area contributed by atoms with E-state index in [1.54, 1.807) is 6.92 Å². The van der Waals surface area contributed by atoms with Gasteiger partial charge >= 0.3 is 5.97 Å². The van der Waals surface area contributed by atoms with E-state index in [1.165, 1.54) is 0 Å². The maximum Gasteiger partial charge on any atom is 0.361 e. The Bertz CT molecular complexity index is 713. The molecule has 3 rings (SSSR count). The normalized spacial score (nSPS) is 15.0. The number of nitrogens with zero attached hydrogens (tertiary/aromatic N) is 3. The molecular formula is C18H24N4O4. The van der Waals surface area contributed by atoms with E-state index in [9.17, 15) is 4.79 Å². The van der Waals surface area contributed by atoms with Crippen LogP contribution in [-0.4, -0.2) is 72.3 Å². The first-order valence-electron chi connectivity index (χ1n) is 8.89. The molecule has 26 heavy (non-hydrogen) atoms. The van der Waals surface area contributed by atoms with Crippen molar-refractivity contribution in [3.05, 3.63) is 30.0 Å². The Labute approximate surface area is 152 Å². The Morgan fingerprint density at radius 3 is 2.96 bits per heavy atom. The minimum Gasteiger partial charge on any atom is -0.494 e. The lowest BCUT2D eigenvalue weighted by Gasteiger charge is -2.26. The van der Waals surface area contributed by atoms with E-state index in [0.29, 0.717) is 12.3 Å². The average molecular weight is 360 g/mol.